The van der Waals surface area contributed by atoms with Crippen molar-refractivity contribution in [1.82, 2.24) is 10.2 Å². The smallest absolute Gasteiger partial charge is 0.373 e. The largest absolute Gasteiger partial charge is 0.493 e. The van der Waals surface area contributed by atoms with Crippen molar-refractivity contribution in [2.24, 2.45) is 0 Å². The van der Waals surface area contributed by atoms with E-state index in [1.807, 2.05) is 0 Å². The van der Waals surface area contributed by atoms with Crippen molar-refractivity contribution in [2.45, 2.75) is 26.5 Å². The zero-order chi connectivity index (χ0) is 25.7. The van der Waals surface area contributed by atoms with Gasteiger partial charge in [-0.25, -0.2) is 14.4 Å². The van der Waals surface area contributed by atoms with E-state index in [4.69, 9.17) is 30.2 Å². The van der Waals surface area contributed by atoms with E-state index in [1.54, 1.807) is 6.92 Å². The van der Waals surface area contributed by atoms with Gasteiger partial charge in [0.05, 0.1) is 27.4 Å². The lowest BCUT2D eigenvalue weighted by Crippen LogP contribution is -2.30. The van der Waals surface area contributed by atoms with Gasteiger partial charge >= 0.3 is 18.0 Å². The second kappa shape index (κ2) is 11.0. The van der Waals surface area contributed by atoms with Gasteiger partial charge in [0.25, 0.3) is 5.91 Å². The van der Waals surface area contributed by atoms with Gasteiger partial charge in [0.15, 0.2) is 17.6 Å². The van der Waals surface area contributed by atoms with Gasteiger partial charge in [0.1, 0.15) is 11.5 Å². The molecule has 1 fully saturated rings. The first-order chi connectivity index (χ1) is 16.7. The van der Waals surface area contributed by atoms with Gasteiger partial charge in [-0.2, -0.15) is 0 Å². The van der Waals surface area contributed by atoms with E-state index in [0.29, 0.717) is 0 Å². The van der Waals surface area contributed by atoms with E-state index >= 15 is 0 Å². The molecule has 3 rings (SSSR count). The Kier molecular flexibility index (Phi) is 8.02. The van der Waals surface area contributed by atoms with Crippen molar-refractivity contribution in [1.29, 1.82) is 0 Å². The van der Waals surface area contributed by atoms with E-state index in [0.717, 1.165) is 4.90 Å². The standard InChI is InChI=1S/C23H23ClN2O9/c1-5-33-21(28)12(2)34-19-13(8-14(24)10-18(19)31-3)9-16-20(27)26(23(30)25-16)11-15-6-7-17(35-15)22(29)32-4/h6-10,12H,5,11H2,1-4H3,(H,25,30)/b16-9-/t12-/m1/s1. The van der Waals surface area contributed by atoms with E-state index in [1.165, 1.54) is 51.5 Å². The number of methoxy groups -OCH3 is 2. The molecule has 1 aliphatic heterocycles. The zero-order valence-corrected chi connectivity index (χ0v) is 20.1. The van der Waals surface area contributed by atoms with Gasteiger partial charge in [-0.3, -0.25) is 9.69 Å². The number of benzene rings is 1. The summed E-state index contributed by atoms with van der Waals surface area (Å²) >= 11 is 6.19. The first-order valence-corrected chi connectivity index (χ1v) is 10.8. The Balaban J connectivity index is 1.89. The van der Waals surface area contributed by atoms with Crippen LogP contribution >= 0.6 is 11.6 Å². The summed E-state index contributed by atoms with van der Waals surface area (Å²) < 4.78 is 26.0. The number of amides is 3. The molecule has 3 amide bonds. The fourth-order valence-corrected chi connectivity index (χ4v) is 3.37. The molecule has 12 heteroatoms. The second-order valence-corrected chi connectivity index (χ2v) is 7.61. The number of urea groups is 1. The fraction of sp³-hybridized carbons (Fsp3) is 0.304. The van der Waals surface area contributed by atoms with Crippen LogP contribution in [0, 0.1) is 0 Å². The first kappa shape index (κ1) is 25.6. The number of hydrogen-bond acceptors (Lipinski definition) is 9. The third kappa shape index (κ3) is 5.75. The monoisotopic (exact) mass is 506 g/mol. The van der Waals surface area contributed by atoms with Crippen molar-refractivity contribution in [3.8, 4) is 11.5 Å². The van der Waals surface area contributed by atoms with Crippen LogP contribution in [-0.2, 0) is 25.6 Å². The molecule has 35 heavy (non-hydrogen) atoms. The summed E-state index contributed by atoms with van der Waals surface area (Å²) in [5.41, 5.74) is 0.203. The van der Waals surface area contributed by atoms with E-state index < -0.39 is 30.0 Å². The Morgan fingerprint density at radius 3 is 2.63 bits per heavy atom. The average Bonchev–Trinajstić information content (AvgIpc) is 3.40. The van der Waals surface area contributed by atoms with Gasteiger partial charge in [-0.1, -0.05) is 11.6 Å². The van der Waals surface area contributed by atoms with Crippen LogP contribution < -0.4 is 14.8 Å². The molecule has 1 N–H and O–H groups in total. The molecule has 1 atom stereocenters. The van der Waals surface area contributed by atoms with Crippen LogP contribution in [0.1, 0.15) is 35.7 Å². The predicted octanol–water partition coefficient (Wildman–Crippen LogP) is 3.15. The molecular weight excluding hydrogens is 484 g/mol. The number of ether oxygens (including phenoxy) is 4. The van der Waals surface area contributed by atoms with Gasteiger partial charge in [0, 0.05) is 16.7 Å². The van der Waals surface area contributed by atoms with Crippen LogP contribution in [0.5, 0.6) is 11.5 Å². The molecule has 186 valence electrons. The SMILES string of the molecule is CCOC(=O)[C@@H](C)Oc1c(/C=C2\NC(=O)N(Cc3ccc(C(=O)OC)o3)C2=O)cc(Cl)cc1OC. The lowest BCUT2D eigenvalue weighted by atomic mass is 10.1. The van der Waals surface area contributed by atoms with Gasteiger partial charge < -0.3 is 28.7 Å². The number of carbonyl (C=O) groups excluding carboxylic acids is 4. The Labute approximate surface area is 205 Å². The van der Waals surface area contributed by atoms with Crippen molar-refractivity contribution in [2.75, 3.05) is 20.8 Å². The molecule has 0 spiro atoms. The van der Waals surface area contributed by atoms with Crippen molar-refractivity contribution in [3.63, 3.8) is 0 Å². The highest BCUT2D eigenvalue weighted by Crippen LogP contribution is 2.37. The lowest BCUT2D eigenvalue weighted by molar-refractivity contribution is -0.150. The maximum Gasteiger partial charge on any atom is 0.373 e. The summed E-state index contributed by atoms with van der Waals surface area (Å²) in [6.07, 6.45) is 0.361. The number of hydrogen-bond donors (Lipinski definition) is 1. The summed E-state index contributed by atoms with van der Waals surface area (Å²) in [7, 11) is 2.59. The molecule has 0 unspecified atom stereocenters. The normalized spacial score (nSPS) is 15.1. The average molecular weight is 507 g/mol. The first-order valence-electron chi connectivity index (χ1n) is 10.4. The van der Waals surface area contributed by atoms with Crippen LogP contribution in [0.3, 0.4) is 0 Å². The number of halogens is 1. The Hall–Kier alpha value is -3.99. The predicted molar refractivity (Wildman–Crippen MR) is 122 cm³/mol. The molecule has 11 nitrogen and oxygen atoms in total. The minimum Gasteiger partial charge on any atom is -0.493 e. The van der Waals surface area contributed by atoms with E-state index in [-0.39, 0.29) is 52.5 Å². The summed E-state index contributed by atoms with van der Waals surface area (Å²) in [5.74, 6) is -1.47. The van der Waals surface area contributed by atoms with Crippen LogP contribution in [0.25, 0.3) is 6.08 Å². The number of nitrogens with one attached hydrogen (secondary N) is 1. The molecular formula is C23H23ClN2O9. The number of esters is 2. The number of nitrogens with zero attached hydrogens (tertiary/aromatic N) is 1. The molecule has 1 aliphatic rings. The van der Waals surface area contributed by atoms with Crippen molar-refractivity contribution in [3.05, 3.63) is 52.1 Å². The highest BCUT2D eigenvalue weighted by atomic mass is 35.5. The van der Waals surface area contributed by atoms with Crippen molar-refractivity contribution >= 4 is 41.6 Å². The van der Waals surface area contributed by atoms with Crippen molar-refractivity contribution < 1.29 is 42.5 Å². The minimum absolute atomic E-state index is 0.0612. The number of carbonyl (C=O) groups is 4. The molecule has 1 aromatic carbocycles. The van der Waals surface area contributed by atoms with E-state index in [2.05, 4.69) is 10.1 Å². The zero-order valence-electron chi connectivity index (χ0n) is 19.4. The summed E-state index contributed by atoms with van der Waals surface area (Å²) in [5, 5.41) is 2.75. The van der Waals surface area contributed by atoms with Gasteiger partial charge in [0.2, 0.25) is 5.76 Å². The molecule has 0 bridgehead atoms. The summed E-state index contributed by atoms with van der Waals surface area (Å²) in [4.78, 5) is 50.0. The highest BCUT2D eigenvalue weighted by molar-refractivity contribution is 6.31. The quantitative estimate of drug-likeness (QED) is 0.309. The maximum absolute atomic E-state index is 12.9. The number of rotatable bonds is 9. The highest BCUT2D eigenvalue weighted by Gasteiger charge is 2.35. The fourth-order valence-electron chi connectivity index (χ4n) is 3.16. The maximum atomic E-state index is 12.9. The Morgan fingerprint density at radius 2 is 1.97 bits per heavy atom. The minimum atomic E-state index is -0.990. The summed E-state index contributed by atoms with van der Waals surface area (Å²) in [6, 6.07) is 5.10. The van der Waals surface area contributed by atoms with Gasteiger partial charge in [-0.15, -0.1) is 0 Å². The molecule has 0 aliphatic carbocycles. The topological polar surface area (TPSA) is 134 Å². The Morgan fingerprint density at radius 1 is 1.23 bits per heavy atom. The molecule has 1 saturated heterocycles. The summed E-state index contributed by atoms with van der Waals surface area (Å²) in [6.45, 7) is 3.12. The number of furan rings is 1. The molecule has 0 radical (unpaired) electrons. The third-order valence-corrected chi connectivity index (χ3v) is 5.02. The third-order valence-electron chi connectivity index (χ3n) is 4.81. The molecule has 2 aromatic rings. The number of imide groups is 1. The molecule has 1 aromatic heterocycles. The van der Waals surface area contributed by atoms with E-state index in [9.17, 15) is 19.2 Å². The Bertz CT molecular complexity index is 1190. The molecule has 0 saturated carbocycles. The van der Waals surface area contributed by atoms with Crippen LogP contribution in [0.15, 0.2) is 34.4 Å². The van der Waals surface area contributed by atoms with Crippen LogP contribution in [0.2, 0.25) is 5.02 Å². The van der Waals surface area contributed by atoms with Crippen LogP contribution in [-0.4, -0.2) is 55.7 Å². The lowest BCUT2D eigenvalue weighted by Gasteiger charge is -2.18. The van der Waals surface area contributed by atoms with Crippen LogP contribution in [0.4, 0.5) is 4.79 Å². The van der Waals surface area contributed by atoms with Gasteiger partial charge in [-0.05, 0) is 38.1 Å². The molecule has 2 heterocycles. The second-order valence-electron chi connectivity index (χ2n) is 7.18.